The van der Waals surface area contributed by atoms with E-state index < -0.39 is 0 Å². The highest BCUT2D eigenvalue weighted by molar-refractivity contribution is 6.05. The Kier molecular flexibility index (Phi) is 7.24. The minimum absolute atomic E-state index is 0.0593. The van der Waals surface area contributed by atoms with E-state index in [9.17, 15) is 9.59 Å². The van der Waals surface area contributed by atoms with Gasteiger partial charge in [-0.1, -0.05) is 37.6 Å². The molecule has 1 N–H and O–H groups in total. The fourth-order valence-corrected chi connectivity index (χ4v) is 4.32. The van der Waals surface area contributed by atoms with Crippen molar-refractivity contribution in [3.05, 3.63) is 87.2 Å². The molecule has 3 aromatic rings. The number of H-pyrrole nitrogens is 1. The normalized spacial score (nSPS) is 11.6. The molecule has 1 heterocycles. The van der Waals surface area contributed by atoms with Crippen molar-refractivity contribution in [1.82, 2.24) is 4.98 Å². The second-order valence-electron chi connectivity index (χ2n) is 8.56. The number of aromatic nitrogens is 1. The molecule has 166 valence electrons. The fraction of sp³-hybridized carbons (Fsp3) is 0.321. The van der Waals surface area contributed by atoms with Gasteiger partial charge in [0.15, 0.2) is 11.6 Å². The highest BCUT2D eigenvalue weighted by Crippen LogP contribution is 2.27. The van der Waals surface area contributed by atoms with Crippen LogP contribution in [0.3, 0.4) is 0 Å². The van der Waals surface area contributed by atoms with Gasteiger partial charge in [-0.15, -0.1) is 0 Å². The summed E-state index contributed by atoms with van der Waals surface area (Å²) in [6.07, 6.45) is 5.94. The smallest absolute Gasteiger partial charge is 0.167 e. The molecule has 0 saturated carbocycles. The molecular weight excluding hydrogens is 396 g/mol. The maximum absolute atomic E-state index is 13.1. The van der Waals surface area contributed by atoms with Crippen molar-refractivity contribution < 1.29 is 9.59 Å². The van der Waals surface area contributed by atoms with Crippen molar-refractivity contribution in [3.63, 3.8) is 0 Å². The van der Waals surface area contributed by atoms with Crippen LogP contribution in [0.5, 0.6) is 0 Å². The molecule has 0 aliphatic rings. The van der Waals surface area contributed by atoms with E-state index in [0.717, 1.165) is 68.7 Å². The number of carbonyl (C=O) groups is 2. The van der Waals surface area contributed by atoms with E-state index in [1.54, 1.807) is 6.92 Å². The van der Waals surface area contributed by atoms with E-state index in [2.05, 4.69) is 18.0 Å². The highest BCUT2D eigenvalue weighted by atomic mass is 16.1. The van der Waals surface area contributed by atoms with Crippen LogP contribution in [0.4, 0.5) is 5.69 Å². The second-order valence-corrected chi connectivity index (χ2v) is 8.56. The third kappa shape index (κ3) is 4.96. The number of hydrogen-bond donors (Lipinski definition) is 1. The number of benzene rings is 2. The van der Waals surface area contributed by atoms with Gasteiger partial charge >= 0.3 is 0 Å². The first kappa shape index (κ1) is 23.4. The number of nitrogens with one attached hydrogen (secondary N) is 1. The van der Waals surface area contributed by atoms with Crippen LogP contribution in [0.15, 0.2) is 47.7 Å². The van der Waals surface area contributed by atoms with Gasteiger partial charge in [-0.3, -0.25) is 14.6 Å². The van der Waals surface area contributed by atoms with Crippen molar-refractivity contribution in [2.45, 2.75) is 60.8 Å². The summed E-state index contributed by atoms with van der Waals surface area (Å²) in [5.74, 6) is 0.164. The zero-order valence-electron chi connectivity index (χ0n) is 19.9. The number of ketones is 2. The lowest BCUT2D eigenvalue weighted by molar-refractivity contribution is 0.0989. The minimum Gasteiger partial charge on any atom is -0.367 e. The number of Topliss-reactive ketones (excluding diaryl/α,β-unsaturated/α-hetero) is 2. The predicted octanol–water partition coefficient (Wildman–Crippen LogP) is 6.66. The van der Waals surface area contributed by atoms with Gasteiger partial charge in [0.05, 0.1) is 5.69 Å². The van der Waals surface area contributed by atoms with E-state index >= 15 is 0 Å². The van der Waals surface area contributed by atoms with Gasteiger partial charge in [-0.2, -0.15) is 0 Å². The molecule has 0 unspecified atom stereocenters. The summed E-state index contributed by atoms with van der Waals surface area (Å²) in [6.45, 7) is 11.6. The number of aliphatic imine (C=N–C) groups is 1. The van der Waals surface area contributed by atoms with E-state index in [1.165, 1.54) is 0 Å². The third-order valence-corrected chi connectivity index (χ3v) is 5.94. The van der Waals surface area contributed by atoms with Gasteiger partial charge in [-0.05, 0) is 74.9 Å². The van der Waals surface area contributed by atoms with Gasteiger partial charge in [-0.25, -0.2) is 0 Å². The van der Waals surface area contributed by atoms with Crippen molar-refractivity contribution in [2.24, 2.45) is 4.99 Å². The summed E-state index contributed by atoms with van der Waals surface area (Å²) in [7, 11) is 0. The van der Waals surface area contributed by atoms with E-state index in [1.807, 2.05) is 64.4 Å². The number of aromatic amines is 1. The maximum Gasteiger partial charge on any atom is 0.167 e. The molecule has 2 aromatic carbocycles. The molecule has 1 aromatic heterocycles. The first-order valence-electron chi connectivity index (χ1n) is 11.2. The maximum atomic E-state index is 13.1. The van der Waals surface area contributed by atoms with Crippen LogP contribution in [0, 0.1) is 20.8 Å². The van der Waals surface area contributed by atoms with Crippen molar-refractivity contribution in [3.8, 4) is 0 Å². The van der Waals surface area contributed by atoms with Crippen LogP contribution in [-0.2, 0) is 12.8 Å². The average Bonchev–Trinajstić information content (AvgIpc) is 3.18. The minimum atomic E-state index is 0.0593. The van der Waals surface area contributed by atoms with Crippen LogP contribution in [-0.4, -0.2) is 22.3 Å². The topological polar surface area (TPSA) is 62.3 Å². The van der Waals surface area contributed by atoms with Crippen LogP contribution in [0.1, 0.15) is 81.3 Å². The van der Waals surface area contributed by atoms with Gasteiger partial charge in [0.2, 0.25) is 0 Å². The number of carbonyl (C=O) groups excluding carboxylic acids is 2. The Hall–Kier alpha value is -3.27. The molecule has 4 heteroatoms. The Bertz CT molecular complexity index is 1180. The van der Waals surface area contributed by atoms with Crippen LogP contribution in [0.25, 0.3) is 0 Å². The molecule has 0 amide bonds. The Morgan fingerprint density at radius 3 is 2.22 bits per heavy atom. The number of rotatable bonds is 8. The number of hydrogen-bond acceptors (Lipinski definition) is 3. The fourth-order valence-electron chi connectivity index (χ4n) is 4.32. The van der Waals surface area contributed by atoms with Crippen molar-refractivity contribution in [2.75, 3.05) is 0 Å². The molecule has 0 saturated heterocycles. The third-order valence-electron chi connectivity index (χ3n) is 5.94. The largest absolute Gasteiger partial charge is 0.367 e. The van der Waals surface area contributed by atoms with Gasteiger partial charge in [0.1, 0.15) is 0 Å². The summed E-state index contributed by atoms with van der Waals surface area (Å²) in [5.41, 5.74) is 9.10. The summed E-state index contributed by atoms with van der Waals surface area (Å²) in [4.78, 5) is 33.2. The lowest BCUT2D eigenvalue weighted by Gasteiger charge is -2.12. The molecule has 32 heavy (non-hydrogen) atoms. The Morgan fingerprint density at radius 2 is 1.59 bits per heavy atom. The Morgan fingerprint density at radius 1 is 0.906 bits per heavy atom. The molecule has 0 fully saturated rings. The van der Waals surface area contributed by atoms with E-state index in [0.29, 0.717) is 6.42 Å². The first-order valence-corrected chi connectivity index (χ1v) is 11.2. The molecule has 0 aliphatic heterocycles. The average molecular weight is 429 g/mol. The van der Waals surface area contributed by atoms with Crippen molar-refractivity contribution in [1.29, 1.82) is 0 Å². The molecule has 0 atom stereocenters. The highest BCUT2D eigenvalue weighted by Gasteiger charge is 2.17. The van der Waals surface area contributed by atoms with Crippen molar-refractivity contribution >= 4 is 23.0 Å². The lowest BCUT2D eigenvalue weighted by Crippen LogP contribution is -2.09. The summed E-state index contributed by atoms with van der Waals surface area (Å²) >= 11 is 0. The van der Waals surface area contributed by atoms with E-state index in [4.69, 9.17) is 4.99 Å². The zero-order valence-corrected chi connectivity index (χ0v) is 19.9. The molecule has 3 rings (SSSR count). The summed E-state index contributed by atoms with van der Waals surface area (Å²) in [6, 6.07) is 9.91. The second kappa shape index (κ2) is 9.90. The van der Waals surface area contributed by atoms with Gasteiger partial charge < -0.3 is 4.98 Å². The summed E-state index contributed by atoms with van der Waals surface area (Å²) in [5, 5.41) is 0. The Labute approximate surface area is 190 Å². The number of aryl methyl sites for hydroxylation is 4. The van der Waals surface area contributed by atoms with Gasteiger partial charge in [0, 0.05) is 41.2 Å². The van der Waals surface area contributed by atoms with Crippen LogP contribution >= 0.6 is 0 Å². The molecule has 4 nitrogen and oxygen atoms in total. The molecule has 0 aliphatic carbocycles. The predicted molar refractivity (Wildman–Crippen MR) is 132 cm³/mol. The molecule has 0 radical (unpaired) electrons. The molecule has 0 spiro atoms. The standard InChI is InChI=1S/C28H32N2O2/c1-7-9-22-12-19(4)26(14-24(22)21(6)31)30-20(5)25-16-29-15-23(25)13-27(32)28-17(2)10-8-11-18(28)3/h8,10-12,14-16,29H,7,9,13H2,1-6H3. The lowest BCUT2D eigenvalue weighted by atomic mass is 9.94. The zero-order chi connectivity index (χ0) is 23.4. The van der Waals surface area contributed by atoms with Gasteiger partial charge in [0.25, 0.3) is 0 Å². The summed E-state index contributed by atoms with van der Waals surface area (Å²) < 4.78 is 0. The molecule has 0 bridgehead atoms. The molecular formula is C28H32N2O2. The monoisotopic (exact) mass is 428 g/mol. The van der Waals surface area contributed by atoms with Crippen LogP contribution < -0.4 is 0 Å². The number of nitrogens with zero attached hydrogens (tertiary/aromatic N) is 1. The quantitative estimate of drug-likeness (QED) is 0.322. The van der Waals surface area contributed by atoms with E-state index in [-0.39, 0.29) is 11.6 Å². The SMILES string of the molecule is CCCc1cc(C)c(N=C(C)c2c[nH]cc2CC(=O)c2c(C)cccc2C)cc1C(C)=O. The van der Waals surface area contributed by atoms with Crippen LogP contribution in [0.2, 0.25) is 0 Å². The first-order chi connectivity index (χ1) is 15.2. The Balaban J connectivity index is 1.94.